The number of anilines is 2. The van der Waals surface area contributed by atoms with Crippen molar-refractivity contribution in [1.29, 1.82) is 5.26 Å². The van der Waals surface area contributed by atoms with Gasteiger partial charge in [-0.25, -0.2) is 4.79 Å². The number of nitriles is 1. The van der Waals surface area contributed by atoms with Crippen LogP contribution in [0.1, 0.15) is 26.3 Å². The van der Waals surface area contributed by atoms with Gasteiger partial charge in [0.15, 0.2) is 0 Å². The fourth-order valence-electron chi connectivity index (χ4n) is 3.81. The van der Waals surface area contributed by atoms with Crippen LogP contribution in [0.4, 0.5) is 16.2 Å². The molecule has 0 saturated heterocycles. The molecule has 0 radical (unpaired) electrons. The third-order valence-corrected chi connectivity index (χ3v) is 5.79. The number of H-pyrrole nitrogens is 1. The van der Waals surface area contributed by atoms with Gasteiger partial charge in [-0.05, 0) is 63.2 Å². The molecule has 0 fully saturated rings. The van der Waals surface area contributed by atoms with Gasteiger partial charge < -0.3 is 15.4 Å². The van der Waals surface area contributed by atoms with Crippen LogP contribution in [-0.4, -0.2) is 31.0 Å². The Morgan fingerprint density at radius 3 is 2.56 bits per heavy atom. The largest absolute Gasteiger partial charge is 0.457 e. The molecule has 10 nitrogen and oxygen atoms in total. The zero-order valence-electron chi connectivity index (χ0n) is 21.6. The van der Waals surface area contributed by atoms with Gasteiger partial charge in [0, 0.05) is 41.5 Å². The number of aromatic nitrogens is 5. The van der Waals surface area contributed by atoms with E-state index in [9.17, 15) is 10.1 Å². The quantitative estimate of drug-likeness (QED) is 0.238. The summed E-state index contributed by atoms with van der Waals surface area (Å²) in [7, 11) is 0. The maximum absolute atomic E-state index is 12.9. The average molecular weight is 519 g/mol. The number of carbonyl (C=O) groups is 1. The third-order valence-electron chi connectivity index (χ3n) is 5.79. The summed E-state index contributed by atoms with van der Waals surface area (Å²) in [6, 6.07) is 19.5. The highest BCUT2D eigenvalue weighted by Gasteiger charge is 2.20. The van der Waals surface area contributed by atoms with Crippen LogP contribution in [0.25, 0.3) is 22.5 Å². The van der Waals surface area contributed by atoms with Crippen molar-refractivity contribution in [2.24, 2.45) is 0 Å². The highest BCUT2D eigenvalue weighted by Crippen LogP contribution is 2.30. The first-order valence-corrected chi connectivity index (χ1v) is 12.2. The minimum absolute atomic E-state index is 0.304. The number of benzene rings is 2. The van der Waals surface area contributed by atoms with Gasteiger partial charge in [0.2, 0.25) is 0 Å². The molecule has 10 heteroatoms. The molecule has 194 valence electrons. The van der Waals surface area contributed by atoms with Crippen LogP contribution >= 0.6 is 0 Å². The molecule has 0 spiro atoms. The van der Waals surface area contributed by atoms with Gasteiger partial charge in [-0.15, -0.1) is 0 Å². The lowest BCUT2D eigenvalue weighted by molar-refractivity contribution is 0.262. The van der Waals surface area contributed by atoms with Crippen molar-refractivity contribution in [3.8, 4) is 40.1 Å². The second kappa shape index (κ2) is 10.5. The van der Waals surface area contributed by atoms with E-state index in [0.29, 0.717) is 34.1 Å². The molecule has 5 rings (SSSR count). The van der Waals surface area contributed by atoms with Crippen LogP contribution in [0.15, 0.2) is 85.5 Å². The number of rotatable bonds is 6. The Balaban J connectivity index is 1.29. The first kappa shape index (κ1) is 25.2. The normalized spacial score (nSPS) is 11.0. The van der Waals surface area contributed by atoms with Crippen LogP contribution in [-0.2, 0) is 5.54 Å². The molecular weight excluding hydrogens is 492 g/mol. The summed E-state index contributed by atoms with van der Waals surface area (Å²) in [6.07, 6.45) is 6.91. The van der Waals surface area contributed by atoms with E-state index < -0.39 is 6.03 Å². The Hall–Kier alpha value is -5.43. The van der Waals surface area contributed by atoms with Crippen LogP contribution in [0.2, 0.25) is 0 Å². The van der Waals surface area contributed by atoms with E-state index in [1.54, 1.807) is 78.0 Å². The third kappa shape index (κ3) is 5.94. The molecule has 39 heavy (non-hydrogen) atoms. The minimum Gasteiger partial charge on any atom is -0.457 e. The van der Waals surface area contributed by atoms with E-state index in [2.05, 4.69) is 31.9 Å². The maximum Gasteiger partial charge on any atom is 0.323 e. The number of hydrogen-bond acceptors (Lipinski definition) is 6. The van der Waals surface area contributed by atoms with E-state index in [1.807, 2.05) is 32.9 Å². The van der Waals surface area contributed by atoms with Crippen molar-refractivity contribution in [3.05, 3.63) is 91.0 Å². The first-order valence-electron chi connectivity index (χ1n) is 12.2. The predicted molar refractivity (Wildman–Crippen MR) is 148 cm³/mol. The van der Waals surface area contributed by atoms with Gasteiger partial charge in [0.1, 0.15) is 17.2 Å². The van der Waals surface area contributed by atoms with Crippen LogP contribution < -0.4 is 15.4 Å². The summed E-state index contributed by atoms with van der Waals surface area (Å²) in [6.45, 7) is 6.06. The van der Waals surface area contributed by atoms with Gasteiger partial charge in [0.25, 0.3) is 0 Å². The number of hydrogen-bond donors (Lipinski definition) is 3. The molecule has 0 bridgehead atoms. The topological polar surface area (TPSA) is 134 Å². The van der Waals surface area contributed by atoms with Crippen molar-refractivity contribution in [3.63, 3.8) is 0 Å². The lowest BCUT2D eigenvalue weighted by Gasteiger charge is -2.18. The number of nitrogens with one attached hydrogen (secondary N) is 3. The Morgan fingerprint density at radius 1 is 1.03 bits per heavy atom. The van der Waals surface area contributed by atoms with Gasteiger partial charge in [-0.3, -0.25) is 14.8 Å². The number of amides is 2. The molecule has 0 aliphatic rings. The van der Waals surface area contributed by atoms with Crippen LogP contribution in [0.3, 0.4) is 0 Å². The SMILES string of the molecule is CC(C)(C)n1cc(NC(=O)Nc2ccc(Oc3ccnc(-c4cn[nH]c4)c3)cc2)c(-c2cccc(C#N)c2)n1. The molecular formula is C29H26N8O2. The molecule has 0 atom stereocenters. The Labute approximate surface area is 225 Å². The van der Waals surface area contributed by atoms with Gasteiger partial charge in [-0.2, -0.15) is 15.5 Å². The second-order valence-corrected chi connectivity index (χ2v) is 9.77. The van der Waals surface area contributed by atoms with E-state index in [1.165, 1.54) is 0 Å². The highest BCUT2D eigenvalue weighted by atomic mass is 16.5. The molecule has 0 aliphatic heterocycles. The summed E-state index contributed by atoms with van der Waals surface area (Å²) in [4.78, 5) is 17.3. The molecule has 0 unspecified atom stereocenters. The van der Waals surface area contributed by atoms with Gasteiger partial charge in [0.05, 0.1) is 34.7 Å². The zero-order valence-corrected chi connectivity index (χ0v) is 21.6. The Kier molecular flexibility index (Phi) is 6.80. The molecule has 0 saturated carbocycles. The maximum atomic E-state index is 12.9. The van der Waals surface area contributed by atoms with Crippen molar-refractivity contribution in [2.45, 2.75) is 26.3 Å². The van der Waals surface area contributed by atoms with Crippen molar-refractivity contribution in [1.82, 2.24) is 25.0 Å². The lowest BCUT2D eigenvalue weighted by Crippen LogP contribution is -2.22. The smallest absolute Gasteiger partial charge is 0.323 e. The molecule has 3 N–H and O–H groups in total. The number of carbonyl (C=O) groups excluding carboxylic acids is 1. The number of aromatic amines is 1. The highest BCUT2D eigenvalue weighted by molar-refractivity contribution is 6.01. The van der Waals surface area contributed by atoms with Crippen LogP contribution in [0.5, 0.6) is 11.5 Å². The summed E-state index contributed by atoms with van der Waals surface area (Å²) < 4.78 is 7.75. The van der Waals surface area contributed by atoms with Crippen molar-refractivity contribution in [2.75, 3.05) is 10.6 Å². The summed E-state index contributed by atoms with van der Waals surface area (Å²) >= 11 is 0. The fourth-order valence-corrected chi connectivity index (χ4v) is 3.81. The van der Waals surface area contributed by atoms with E-state index in [4.69, 9.17) is 9.84 Å². The lowest BCUT2D eigenvalue weighted by atomic mass is 10.1. The Morgan fingerprint density at radius 2 is 1.85 bits per heavy atom. The van der Waals surface area contributed by atoms with E-state index >= 15 is 0 Å². The Bertz CT molecular complexity index is 1640. The van der Waals surface area contributed by atoms with E-state index in [0.717, 1.165) is 16.8 Å². The van der Waals surface area contributed by atoms with E-state index in [-0.39, 0.29) is 5.54 Å². The standard InChI is InChI=1S/C29H26N8O2/c1-29(2,3)37-18-26(27(36-37)20-6-4-5-19(13-20)15-30)35-28(38)34-22-7-9-23(10-8-22)39-24-11-12-31-25(14-24)21-16-32-33-17-21/h4-14,16-18H,1-3H3,(H,32,33)(H2,34,35,38). The molecule has 5 aromatic rings. The van der Waals surface area contributed by atoms with Crippen molar-refractivity contribution >= 4 is 17.4 Å². The number of pyridine rings is 1. The number of nitrogens with zero attached hydrogens (tertiary/aromatic N) is 5. The summed E-state index contributed by atoms with van der Waals surface area (Å²) in [5.74, 6) is 1.24. The molecule has 2 amide bonds. The summed E-state index contributed by atoms with van der Waals surface area (Å²) in [5.41, 5.74) is 4.24. The average Bonchev–Trinajstić information content (AvgIpc) is 3.61. The number of urea groups is 1. The summed E-state index contributed by atoms with van der Waals surface area (Å²) in [5, 5.41) is 26.5. The molecule has 3 heterocycles. The predicted octanol–water partition coefficient (Wildman–Crippen LogP) is 6.40. The zero-order chi connectivity index (χ0) is 27.4. The number of ether oxygens (including phenoxy) is 1. The first-order chi connectivity index (χ1) is 18.8. The molecule has 0 aliphatic carbocycles. The minimum atomic E-state index is -0.422. The van der Waals surface area contributed by atoms with Crippen molar-refractivity contribution < 1.29 is 9.53 Å². The van der Waals surface area contributed by atoms with Crippen LogP contribution in [0, 0.1) is 11.3 Å². The second-order valence-electron chi connectivity index (χ2n) is 9.77. The fraction of sp³-hybridized carbons (Fsp3) is 0.138. The molecule has 2 aromatic carbocycles. The van der Waals surface area contributed by atoms with Gasteiger partial charge in [-0.1, -0.05) is 12.1 Å². The molecule has 3 aromatic heterocycles. The van der Waals surface area contributed by atoms with Gasteiger partial charge >= 0.3 is 6.03 Å². The monoisotopic (exact) mass is 518 g/mol.